The monoisotopic (exact) mass is 299 g/mol. The summed E-state index contributed by atoms with van der Waals surface area (Å²) >= 11 is 1.30. The van der Waals surface area contributed by atoms with Crippen molar-refractivity contribution in [3.05, 3.63) is 23.0 Å². The van der Waals surface area contributed by atoms with Crippen molar-refractivity contribution in [3.63, 3.8) is 0 Å². The molecule has 0 aliphatic carbocycles. The Bertz CT molecular complexity index is 678. The van der Waals surface area contributed by atoms with E-state index in [1.807, 2.05) is 13.8 Å². The third-order valence-electron chi connectivity index (χ3n) is 2.41. The topological polar surface area (TPSA) is 111 Å². The zero-order valence-electron chi connectivity index (χ0n) is 10.4. The molecule has 0 radical (unpaired) electrons. The molecule has 0 spiro atoms. The molecule has 0 amide bonds. The summed E-state index contributed by atoms with van der Waals surface area (Å²) < 4.78 is 26.5. The van der Waals surface area contributed by atoms with Crippen LogP contribution in [0.3, 0.4) is 0 Å². The van der Waals surface area contributed by atoms with Crippen LogP contribution in [0.15, 0.2) is 17.3 Å². The van der Waals surface area contributed by atoms with Gasteiger partial charge in [-0.05, 0) is 13.3 Å². The highest BCUT2D eigenvalue weighted by molar-refractivity contribution is 7.93. The van der Waals surface area contributed by atoms with E-state index in [4.69, 9.17) is 5.73 Å². The lowest BCUT2D eigenvalue weighted by Crippen LogP contribution is -2.14. The summed E-state index contributed by atoms with van der Waals surface area (Å²) in [6, 6.07) is 0. The largest absolute Gasteiger partial charge is 0.368 e. The smallest absolute Gasteiger partial charge is 0.266 e. The van der Waals surface area contributed by atoms with Gasteiger partial charge in [0.2, 0.25) is 5.95 Å². The average molecular weight is 299 g/mol. The van der Waals surface area contributed by atoms with E-state index in [0.717, 1.165) is 29.4 Å². The molecular weight excluding hydrogens is 286 g/mol. The zero-order chi connectivity index (χ0) is 14.0. The quantitative estimate of drug-likeness (QED) is 0.877. The summed E-state index contributed by atoms with van der Waals surface area (Å²) in [5.41, 5.74) is 6.20. The molecule has 0 bridgehead atoms. The molecule has 0 aromatic carbocycles. The molecule has 2 aromatic rings. The number of nitrogens with zero attached hydrogens (tertiary/aromatic N) is 3. The molecule has 7 nitrogen and oxygen atoms in total. The van der Waals surface area contributed by atoms with Gasteiger partial charge in [0.05, 0.1) is 18.1 Å². The third kappa shape index (κ3) is 2.99. The Kier molecular flexibility index (Phi) is 3.67. The molecule has 0 fully saturated rings. The number of nitrogens with one attached hydrogen (secondary N) is 1. The number of hydrogen-bond donors (Lipinski definition) is 2. The maximum Gasteiger partial charge on any atom is 0.266 e. The van der Waals surface area contributed by atoms with Crippen LogP contribution in [0.5, 0.6) is 0 Å². The number of hydrogen-bond acceptors (Lipinski definition) is 7. The fraction of sp³-hybridized carbons (Fsp3) is 0.300. The normalized spacial score (nSPS) is 11.5. The Morgan fingerprint density at radius 3 is 2.53 bits per heavy atom. The molecule has 0 saturated heterocycles. The SMILES string of the molecule is CCc1nc(NS(=O)(=O)c2cnc(N)nc2)sc1C. The van der Waals surface area contributed by atoms with E-state index in [1.165, 1.54) is 11.3 Å². The maximum atomic E-state index is 12.1. The van der Waals surface area contributed by atoms with Gasteiger partial charge < -0.3 is 5.73 Å². The molecule has 0 aliphatic rings. The van der Waals surface area contributed by atoms with Gasteiger partial charge in [0, 0.05) is 4.88 Å². The Morgan fingerprint density at radius 1 is 1.37 bits per heavy atom. The van der Waals surface area contributed by atoms with E-state index in [1.54, 1.807) is 0 Å². The van der Waals surface area contributed by atoms with Gasteiger partial charge in [0.15, 0.2) is 5.13 Å². The van der Waals surface area contributed by atoms with E-state index in [2.05, 4.69) is 19.7 Å². The van der Waals surface area contributed by atoms with Crippen LogP contribution in [-0.4, -0.2) is 23.4 Å². The lowest BCUT2D eigenvalue weighted by Gasteiger charge is -2.03. The fourth-order valence-electron chi connectivity index (χ4n) is 1.44. The van der Waals surface area contributed by atoms with E-state index < -0.39 is 10.0 Å². The Labute approximate surface area is 115 Å². The molecule has 3 N–H and O–H groups in total. The minimum atomic E-state index is -3.72. The Balaban J connectivity index is 2.28. The number of sulfonamides is 1. The first-order chi connectivity index (χ1) is 8.92. The van der Waals surface area contributed by atoms with Gasteiger partial charge in [-0.3, -0.25) is 4.72 Å². The van der Waals surface area contributed by atoms with Crippen molar-refractivity contribution in [3.8, 4) is 0 Å². The number of anilines is 2. The van der Waals surface area contributed by atoms with Crippen molar-refractivity contribution in [2.75, 3.05) is 10.5 Å². The zero-order valence-corrected chi connectivity index (χ0v) is 12.0. The lowest BCUT2D eigenvalue weighted by molar-refractivity contribution is 0.600. The molecule has 0 aliphatic heterocycles. The number of thiazole rings is 1. The van der Waals surface area contributed by atoms with E-state index >= 15 is 0 Å². The summed E-state index contributed by atoms with van der Waals surface area (Å²) in [6.45, 7) is 3.87. The van der Waals surface area contributed by atoms with Crippen molar-refractivity contribution in [2.24, 2.45) is 0 Å². The first-order valence-electron chi connectivity index (χ1n) is 5.49. The standard InChI is InChI=1S/C10H13N5O2S2/c1-3-8-6(2)18-10(14-8)15-19(16,17)7-4-12-9(11)13-5-7/h4-5H,3H2,1-2H3,(H,14,15)(H2,11,12,13). The van der Waals surface area contributed by atoms with Crippen LogP contribution >= 0.6 is 11.3 Å². The van der Waals surface area contributed by atoms with Crippen LogP contribution in [0, 0.1) is 6.92 Å². The first-order valence-corrected chi connectivity index (χ1v) is 7.79. The number of aromatic nitrogens is 3. The second-order valence-electron chi connectivity index (χ2n) is 3.76. The second kappa shape index (κ2) is 5.10. The lowest BCUT2D eigenvalue weighted by atomic mass is 10.3. The number of nitrogen functional groups attached to an aromatic ring is 1. The number of aryl methyl sites for hydroxylation is 2. The average Bonchev–Trinajstić information content (AvgIpc) is 2.69. The molecular formula is C10H13N5O2S2. The van der Waals surface area contributed by atoms with Gasteiger partial charge >= 0.3 is 0 Å². The first kappa shape index (κ1) is 13.7. The van der Waals surface area contributed by atoms with Crippen molar-refractivity contribution in [2.45, 2.75) is 25.2 Å². The maximum absolute atomic E-state index is 12.1. The predicted molar refractivity (Wildman–Crippen MR) is 73.5 cm³/mol. The van der Waals surface area contributed by atoms with E-state index in [9.17, 15) is 8.42 Å². The van der Waals surface area contributed by atoms with Gasteiger partial charge in [-0.25, -0.2) is 23.4 Å². The highest BCUT2D eigenvalue weighted by atomic mass is 32.2. The van der Waals surface area contributed by atoms with Crippen molar-refractivity contribution < 1.29 is 8.42 Å². The van der Waals surface area contributed by atoms with E-state index in [0.29, 0.717) is 5.13 Å². The van der Waals surface area contributed by atoms with Crippen LogP contribution in [0.1, 0.15) is 17.5 Å². The molecule has 0 saturated carbocycles. The molecule has 102 valence electrons. The summed E-state index contributed by atoms with van der Waals surface area (Å²) in [6.07, 6.45) is 3.08. The van der Waals surface area contributed by atoms with Crippen molar-refractivity contribution in [1.82, 2.24) is 15.0 Å². The molecule has 2 heterocycles. The third-order valence-corrected chi connectivity index (χ3v) is 4.76. The molecule has 2 rings (SSSR count). The van der Waals surface area contributed by atoms with Crippen LogP contribution in [0.25, 0.3) is 0 Å². The van der Waals surface area contributed by atoms with Crippen LogP contribution in [-0.2, 0) is 16.4 Å². The fourth-order valence-corrected chi connectivity index (χ4v) is 3.46. The summed E-state index contributed by atoms with van der Waals surface area (Å²) in [7, 11) is -3.72. The molecule has 2 aromatic heterocycles. The molecule has 0 unspecified atom stereocenters. The van der Waals surface area contributed by atoms with Gasteiger partial charge in [-0.2, -0.15) is 0 Å². The highest BCUT2D eigenvalue weighted by Crippen LogP contribution is 2.24. The predicted octanol–water partition coefficient (Wildman–Crippen LogP) is 1.19. The Morgan fingerprint density at radius 2 is 2.00 bits per heavy atom. The van der Waals surface area contributed by atoms with Gasteiger partial charge in [0.1, 0.15) is 4.90 Å². The highest BCUT2D eigenvalue weighted by Gasteiger charge is 2.18. The van der Waals surface area contributed by atoms with Gasteiger partial charge in [0.25, 0.3) is 10.0 Å². The van der Waals surface area contributed by atoms with Gasteiger partial charge in [-0.1, -0.05) is 6.92 Å². The molecule has 9 heteroatoms. The summed E-state index contributed by atoms with van der Waals surface area (Å²) in [4.78, 5) is 12.5. The number of rotatable bonds is 4. The van der Waals surface area contributed by atoms with Crippen molar-refractivity contribution >= 4 is 32.4 Å². The minimum Gasteiger partial charge on any atom is -0.368 e. The Hall–Kier alpha value is -1.74. The molecule has 0 atom stereocenters. The minimum absolute atomic E-state index is 0.0253. The van der Waals surface area contributed by atoms with E-state index in [-0.39, 0.29) is 10.8 Å². The summed E-state index contributed by atoms with van der Waals surface area (Å²) in [5, 5.41) is 0.339. The van der Waals surface area contributed by atoms with Gasteiger partial charge in [-0.15, -0.1) is 11.3 Å². The molecule has 19 heavy (non-hydrogen) atoms. The van der Waals surface area contributed by atoms with Crippen LogP contribution in [0.4, 0.5) is 11.1 Å². The van der Waals surface area contributed by atoms with Crippen LogP contribution < -0.4 is 10.5 Å². The van der Waals surface area contributed by atoms with Crippen molar-refractivity contribution in [1.29, 1.82) is 0 Å². The van der Waals surface area contributed by atoms with Crippen LogP contribution in [0.2, 0.25) is 0 Å². The summed E-state index contributed by atoms with van der Waals surface area (Å²) in [5.74, 6) is 0.0253. The second-order valence-corrected chi connectivity index (χ2v) is 6.64. The number of nitrogens with two attached hydrogens (primary N) is 1.